The zero-order valence-corrected chi connectivity index (χ0v) is 10.1. The molecule has 0 spiro atoms. The predicted octanol–water partition coefficient (Wildman–Crippen LogP) is 3.86. The minimum atomic E-state index is 0.507. The standard InChI is InChI=1S/C14H27N/c15-14(11-9-13-6-7-13)10-8-12-4-2-1-3-5-12/h12-14H,1-11,15H2. The van der Waals surface area contributed by atoms with Gasteiger partial charge in [-0.15, -0.1) is 0 Å². The lowest BCUT2D eigenvalue weighted by atomic mass is 9.85. The molecular formula is C14H27N. The third kappa shape index (κ3) is 4.55. The van der Waals surface area contributed by atoms with Crippen molar-refractivity contribution in [2.75, 3.05) is 0 Å². The summed E-state index contributed by atoms with van der Waals surface area (Å²) in [6.45, 7) is 0. The van der Waals surface area contributed by atoms with E-state index in [2.05, 4.69) is 0 Å². The fraction of sp³-hybridized carbons (Fsp3) is 1.00. The predicted molar refractivity (Wildman–Crippen MR) is 65.7 cm³/mol. The van der Waals surface area contributed by atoms with E-state index in [4.69, 9.17) is 5.73 Å². The molecule has 88 valence electrons. The Bertz CT molecular complexity index is 168. The summed E-state index contributed by atoms with van der Waals surface area (Å²) in [5.41, 5.74) is 6.17. The quantitative estimate of drug-likeness (QED) is 0.706. The van der Waals surface area contributed by atoms with E-state index in [1.54, 1.807) is 0 Å². The van der Waals surface area contributed by atoms with Crippen LogP contribution in [0.4, 0.5) is 0 Å². The van der Waals surface area contributed by atoms with E-state index in [1.807, 2.05) is 0 Å². The number of nitrogens with two attached hydrogens (primary N) is 1. The van der Waals surface area contributed by atoms with Crippen LogP contribution in [0.5, 0.6) is 0 Å². The molecule has 0 aromatic heterocycles. The Hall–Kier alpha value is -0.0400. The van der Waals surface area contributed by atoms with Gasteiger partial charge in [-0.1, -0.05) is 44.9 Å². The second-order valence-corrected chi connectivity index (χ2v) is 5.86. The summed E-state index contributed by atoms with van der Waals surface area (Å²) in [5, 5.41) is 0. The van der Waals surface area contributed by atoms with Gasteiger partial charge < -0.3 is 5.73 Å². The Labute approximate surface area is 94.8 Å². The van der Waals surface area contributed by atoms with Crippen molar-refractivity contribution in [3.05, 3.63) is 0 Å². The fourth-order valence-corrected chi connectivity index (χ4v) is 2.93. The van der Waals surface area contributed by atoms with Gasteiger partial charge in [0.15, 0.2) is 0 Å². The van der Waals surface area contributed by atoms with Gasteiger partial charge in [-0.2, -0.15) is 0 Å². The Kier molecular flexibility index (Phi) is 4.49. The highest BCUT2D eigenvalue weighted by atomic mass is 14.6. The fourth-order valence-electron chi connectivity index (χ4n) is 2.93. The number of rotatable bonds is 6. The molecule has 1 atom stereocenters. The summed E-state index contributed by atoms with van der Waals surface area (Å²) in [7, 11) is 0. The van der Waals surface area contributed by atoms with Crippen molar-refractivity contribution in [1.82, 2.24) is 0 Å². The monoisotopic (exact) mass is 209 g/mol. The van der Waals surface area contributed by atoms with Gasteiger partial charge in [0.05, 0.1) is 0 Å². The molecule has 15 heavy (non-hydrogen) atoms. The molecule has 2 fully saturated rings. The first kappa shape index (κ1) is 11.4. The summed E-state index contributed by atoms with van der Waals surface area (Å²) in [4.78, 5) is 0. The van der Waals surface area contributed by atoms with Crippen LogP contribution in [-0.2, 0) is 0 Å². The molecule has 2 aliphatic rings. The van der Waals surface area contributed by atoms with Crippen LogP contribution in [0.25, 0.3) is 0 Å². The molecule has 0 amide bonds. The maximum absolute atomic E-state index is 6.17. The highest BCUT2D eigenvalue weighted by Gasteiger charge is 2.22. The van der Waals surface area contributed by atoms with Crippen LogP contribution in [0.3, 0.4) is 0 Å². The van der Waals surface area contributed by atoms with E-state index < -0.39 is 0 Å². The molecule has 0 radical (unpaired) electrons. The van der Waals surface area contributed by atoms with Crippen LogP contribution in [0.2, 0.25) is 0 Å². The lowest BCUT2D eigenvalue weighted by Gasteiger charge is -2.22. The lowest BCUT2D eigenvalue weighted by molar-refractivity contribution is 0.319. The van der Waals surface area contributed by atoms with Crippen LogP contribution in [0.1, 0.15) is 70.6 Å². The van der Waals surface area contributed by atoms with E-state index >= 15 is 0 Å². The molecule has 0 saturated heterocycles. The largest absolute Gasteiger partial charge is 0.328 e. The minimum Gasteiger partial charge on any atom is -0.328 e. The molecule has 2 N–H and O–H groups in total. The maximum Gasteiger partial charge on any atom is 0.00390 e. The van der Waals surface area contributed by atoms with Gasteiger partial charge >= 0.3 is 0 Å². The van der Waals surface area contributed by atoms with Crippen molar-refractivity contribution in [3.8, 4) is 0 Å². The van der Waals surface area contributed by atoms with E-state index in [0.717, 1.165) is 11.8 Å². The molecule has 0 bridgehead atoms. The molecule has 0 aromatic carbocycles. The molecule has 1 nitrogen and oxygen atoms in total. The Balaban J connectivity index is 1.50. The van der Waals surface area contributed by atoms with Crippen molar-refractivity contribution < 1.29 is 0 Å². The van der Waals surface area contributed by atoms with Crippen molar-refractivity contribution >= 4 is 0 Å². The van der Waals surface area contributed by atoms with E-state index in [9.17, 15) is 0 Å². The average molecular weight is 209 g/mol. The van der Waals surface area contributed by atoms with Crippen molar-refractivity contribution in [1.29, 1.82) is 0 Å². The first-order valence-electron chi connectivity index (χ1n) is 7.10. The highest BCUT2D eigenvalue weighted by molar-refractivity contribution is 4.76. The second kappa shape index (κ2) is 5.89. The van der Waals surface area contributed by atoms with Gasteiger partial charge in [0.25, 0.3) is 0 Å². The average Bonchev–Trinajstić information content (AvgIpc) is 3.09. The van der Waals surface area contributed by atoms with Crippen LogP contribution < -0.4 is 5.73 Å². The third-order valence-corrected chi connectivity index (χ3v) is 4.31. The molecule has 2 rings (SSSR count). The van der Waals surface area contributed by atoms with Crippen LogP contribution in [0, 0.1) is 11.8 Å². The molecule has 2 saturated carbocycles. The molecular weight excluding hydrogens is 182 g/mol. The van der Waals surface area contributed by atoms with Crippen molar-refractivity contribution in [2.24, 2.45) is 17.6 Å². The van der Waals surface area contributed by atoms with Crippen LogP contribution >= 0.6 is 0 Å². The number of hydrogen-bond donors (Lipinski definition) is 1. The lowest BCUT2D eigenvalue weighted by Crippen LogP contribution is -2.21. The van der Waals surface area contributed by atoms with Gasteiger partial charge in [-0.05, 0) is 37.5 Å². The summed E-state index contributed by atoms with van der Waals surface area (Å²) >= 11 is 0. The third-order valence-electron chi connectivity index (χ3n) is 4.31. The van der Waals surface area contributed by atoms with Crippen LogP contribution in [0.15, 0.2) is 0 Å². The maximum atomic E-state index is 6.17. The van der Waals surface area contributed by atoms with Crippen molar-refractivity contribution in [3.63, 3.8) is 0 Å². The highest BCUT2D eigenvalue weighted by Crippen LogP contribution is 2.34. The Morgan fingerprint density at radius 3 is 1.87 bits per heavy atom. The van der Waals surface area contributed by atoms with Crippen molar-refractivity contribution in [2.45, 2.75) is 76.7 Å². The van der Waals surface area contributed by atoms with Crippen LogP contribution in [-0.4, -0.2) is 6.04 Å². The van der Waals surface area contributed by atoms with Gasteiger partial charge in [-0.3, -0.25) is 0 Å². The number of hydrogen-bond acceptors (Lipinski definition) is 1. The van der Waals surface area contributed by atoms with Gasteiger partial charge in [-0.25, -0.2) is 0 Å². The zero-order chi connectivity index (χ0) is 10.5. The van der Waals surface area contributed by atoms with E-state index in [1.165, 1.54) is 70.6 Å². The van der Waals surface area contributed by atoms with Gasteiger partial charge in [0.2, 0.25) is 0 Å². The summed E-state index contributed by atoms with van der Waals surface area (Å²) in [6.07, 6.45) is 15.7. The topological polar surface area (TPSA) is 26.0 Å². The minimum absolute atomic E-state index is 0.507. The Morgan fingerprint density at radius 2 is 1.33 bits per heavy atom. The summed E-state index contributed by atoms with van der Waals surface area (Å²) in [6, 6.07) is 0.507. The first-order chi connectivity index (χ1) is 7.34. The normalized spacial score (nSPS) is 25.4. The molecule has 0 heterocycles. The van der Waals surface area contributed by atoms with Gasteiger partial charge in [0.1, 0.15) is 0 Å². The first-order valence-corrected chi connectivity index (χ1v) is 7.10. The molecule has 1 unspecified atom stereocenters. The zero-order valence-electron chi connectivity index (χ0n) is 10.1. The summed E-state index contributed by atoms with van der Waals surface area (Å²) in [5.74, 6) is 2.08. The molecule has 2 aliphatic carbocycles. The van der Waals surface area contributed by atoms with E-state index in [0.29, 0.717) is 6.04 Å². The SMILES string of the molecule is NC(CCC1CCCCC1)CCC1CC1. The smallest absolute Gasteiger partial charge is 0.00390 e. The van der Waals surface area contributed by atoms with E-state index in [-0.39, 0.29) is 0 Å². The second-order valence-electron chi connectivity index (χ2n) is 5.86. The summed E-state index contributed by atoms with van der Waals surface area (Å²) < 4.78 is 0. The Morgan fingerprint density at radius 1 is 0.800 bits per heavy atom. The molecule has 0 aromatic rings. The molecule has 1 heteroatoms. The molecule has 0 aliphatic heterocycles. The van der Waals surface area contributed by atoms with Gasteiger partial charge in [0, 0.05) is 6.04 Å².